The van der Waals surface area contributed by atoms with E-state index in [0.717, 1.165) is 0 Å². The number of carbonyl (C=O) groups excluding carboxylic acids is 1. The molecule has 0 radical (unpaired) electrons. The second kappa shape index (κ2) is 7.73. The molecule has 0 aliphatic carbocycles. The highest BCUT2D eigenvalue weighted by Gasteiger charge is 2.18. The summed E-state index contributed by atoms with van der Waals surface area (Å²) in [6.45, 7) is 4.41. The Morgan fingerprint density at radius 2 is 2.00 bits per heavy atom. The topological polar surface area (TPSA) is 81.8 Å². The number of hydrogen-bond acceptors (Lipinski definition) is 5. The molecule has 5 nitrogen and oxygen atoms in total. The second-order valence-corrected chi connectivity index (χ2v) is 3.27. The third-order valence-corrected chi connectivity index (χ3v) is 1.70. The Morgan fingerprint density at radius 3 is 2.50 bits per heavy atom. The van der Waals surface area contributed by atoms with Gasteiger partial charge in [0.2, 0.25) is 0 Å². The SMILES string of the molecule is CC(C)[C@H](N)C(=O)OCCOCCO. The molecule has 0 aromatic heterocycles. The molecule has 0 aromatic carbocycles. The van der Waals surface area contributed by atoms with Gasteiger partial charge in [0, 0.05) is 0 Å². The third kappa shape index (κ3) is 5.90. The Bertz CT molecular complexity index is 161. The molecule has 0 heterocycles. The van der Waals surface area contributed by atoms with Crippen molar-refractivity contribution < 1.29 is 19.4 Å². The van der Waals surface area contributed by atoms with Gasteiger partial charge in [0.25, 0.3) is 0 Å². The zero-order valence-corrected chi connectivity index (χ0v) is 8.73. The number of hydrogen-bond donors (Lipinski definition) is 2. The molecule has 0 bridgehead atoms. The molecule has 0 saturated carbocycles. The summed E-state index contributed by atoms with van der Waals surface area (Å²) >= 11 is 0. The lowest BCUT2D eigenvalue weighted by molar-refractivity contribution is -0.147. The smallest absolute Gasteiger partial charge is 0.323 e. The molecule has 0 aliphatic heterocycles. The first kappa shape index (κ1) is 13.4. The van der Waals surface area contributed by atoms with E-state index in [1.165, 1.54) is 0 Å². The predicted molar refractivity (Wildman–Crippen MR) is 51.7 cm³/mol. The van der Waals surface area contributed by atoms with Crippen molar-refractivity contribution in [1.29, 1.82) is 0 Å². The third-order valence-electron chi connectivity index (χ3n) is 1.70. The molecule has 3 N–H and O–H groups in total. The van der Waals surface area contributed by atoms with Crippen molar-refractivity contribution in [3.05, 3.63) is 0 Å². The van der Waals surface area contributed by atoms with E-state index in [1.807, 2.05) is 13.8 Å². The summed E-state index contributed by atoms with van der Waals surface area (Å²) in [6, 6.07) is -0.576. The fourth-order valence-electron chi connectivity index (χ4n) is 0.736. The molecule has 84 valence electrons. The van der Waals surface area contributed by atoms with Crippen molar-refractivity contribution in [2.24, 2.45) is 11.7 Å². The summed E-state index contributed by atoms with van der Waals surface area (Å²) in [7, 11) is 0. The Hall–Kier alpha value is -0.650. The monoisotopic (exact) mass is 205 g/mol. The minimum Gasteiger partial charge on any atom is -0.462 e. The maximum Gasteiger partial charge on any atom is 0.323 e. The number of aliphatic hydroxyl groups is 1. The van der Waals surface area contributed by atoms with Crippen LogP contribution < -0.4 is 5.73 Å². The van der Waals surface area contributed by atoms with Gasteiger partial charge in [-0.3, -0.25) is 4.79 Å². The van der Waals surface area contributed by atoms with E-state index < -0.39 is 12.0 Å². The van der Waals surface area contributed by atoms with Gasteiger partial charge in [0.05, 0.1) is 19.8 Å². The quantitative estimate of drug-likeness (QED) is 0.433. The van der Waals surface area contributed by atoms with Crippen LogP contribution in [0.3, 0.4) is 0 Å². The Labute approximate surface area is 84.2 Å². The maximum absolute atomic E-state index is 11.2. The molecule has 0 rings (SSSR count). The molecular formula is C9H19NO4. The van der Waals surface area contributed by atoms with Crippen molar-refractivity contribution in [1.82, 2.24) is 0 Å². The molecule has 0 fully saturated rings. The number of carbonyl (C=O) groups is 1. The number of ether oxygens (including phenoxy) is 2. The highest BCUT2D eigenvalue weighted by molar-refractivity contribution is 5.75. The van der Waals surface area contributed by atoms with Gasteiger partial charge in [0.1, 0.15) is 12.6 Å². The lowest BCUT2D eigenvalue weighted by Gasteiger charge is -2.14. The van der Waals surface area contributed by atoms with E-state index in [1.54, 1.807) is 0 Å². The number of nitrogens with two attached hydrogens (primary N) is 1. The summed E-state index contributed by atoms with van der Waals surface area (Å²) in [4.78, 5) is 11.2. The number of aliphatic hydroxyl groups excluding tert-OH is 1. The second-order valence-electron chi connectivity index (χ2n) is 3.27. The standard InChI is InChI=1S/C9H19NO4/c1-7(2)8(10)9(12)14-6-5-13-4-3-11/h7-8,11H,3-6,10H2,1-2H3/t8-/m0/s1. The molecule has 5 heteroatoms. The van der Waals surface area contributed by atoms with Crippen LogP contribution in [0.4, 0.5) is 0 Å². The van der Waals surface area contributed by atoms with Gasteiger partial charge in [0.15, 0.2) is 0 Å². The molecular weight excluding hydrogens is 186 g/mol. The first-order chi connectivity index (χ1) is 6.59. The Morgan fingerprint density at radius 1 is 1.36 bits per heavy atom. The minimum atomic E-state index is -0.576. The fourth-order valence-corrected chi connectivity index (χ4v) is 0.736. The van der Waals surface area contributed by atoms with Gasteiger partial charge in [-0.2, -0.15) is 0 Å². The molecule has 0 aliphatic rings. The summed E-state index contributed by atoms with van der Waals surface area (Å²) in [5.74, 6) is -0.339. The van der Waals surface area contributed by atoms with Gasteiger partial charge < -0.3 is 20.3 Å². The van der Waals surface area contributed by atoms with E-state index in [0.29, 0.717) is 0 Å². The van der Waals surface area contributed by atoms with Crippen LogP contribution in [-0.4, -0.2) is 43.5 Å². The van der Waals surface area contributed by atoms with E-state index in [-0.39, 0.29) is 32.3 Å². The van der Waals surface area contributed by atoms with Gasteiger partial charge in [-0.1, -0.05) is 13.8 Å². The summed E-state index contributed by atoms with van der Waals surface area (Å²) < 4.78 is 9.75. The van der Waals surface area contributed by atoms with E-state index in [4.69, 9.17) is 20.3 Å². The lowest BCUT2D eigenvalue weighted by Crippen LogP contribution is -2.37. The lowest BCUT2D eigenvalue weighted by atomic mass is 10.1. The van der Waals surface area contributed by atoms with Crippen molar-refractivity contribution in [2.75, 3.05) is 26.4 Å². The van der Waals surface area contributed by atoms with E-state index in [2.05, 4.69) is 0 Å². The van der Waals surface area contributed by atoms with Crippen LogP contribution in [0.15, 0.2) is 0 Å². The molecule has 0 amide bonds. The van der Waals surface area contributed by atoms with Crippen molar-refractivity contribution in [2.45, 2.75) is 19.9 Å². The Balaban J connectivity index is 3.44. The molecule has 0 aromatic rings. The predicted octanol–water partition coefficient (Wildman–Crippen LogP) is -0.478. The summed E-state index contributed by atoms with van der Waals surface area (Å²) in [5, 5.41) is 8.38. The molecule has 0 spiro atoms. The molecule has 1 atom stereocenters. The summed E-state index contributed by atoms with van der Waals surface area (Å²) in [5.41, 5.74) is 5.55. The largest absolute Gasteiger partial charge is 0.462 e. The summed E-state index contributed by atoms with van der Waals surface area (Å²) in [6.07, 6.45) is 0. The van der Waals surface area contributed by atoms with Gasteiger partial charge in [-0.15, -0.1) is 0 Å². The Kier molecular flexibility index (Phi) is 7.37. The fraction of sp³-hybridized carbons (Fsp3) is 0.889. The minimum absolute atomic E-state index is 0.0283. The van der Waals surface area contributed by atoms with Gasteiger partial charge >= 0.3 is 5.97 Å². The first-order valence-electron chi connectivity index (χ1n) is 4.70. The van der Waals surface area contributed by atoms with E-state index in [9.17, 15) is 4.79 Å². The van der Waals surface area contributed by atoms with Crippen LogP contribution in [0, 0.1) is 5.92 Å². The van der Waals surface area contributed by atoms with Gasteiger partial charge in [-0.05, 0) is 5.92 Å². The number of esters is 1. The average molecular weight is 205 g/mol. The zero-order valence-electron chi connectivity index (χ0n) is 8.73. The van der Waals surface area contributed by atoms with Crippen LogP contribution in [0.1, 0.15) is 13.8 Å². The van der Waals surface area contributed by atoms with Crippen LogP contribution in [-0.2, 0) is 14.3 Å². The van der Waals surface area contributed by atoms with Crippen molar-refractivity contribution in [3.63, 3.8) is 0 Å². The van der Waals surface area contributed by atoms with Crippen LogP contribution in [0.2, 0.25) is 0 Å². The highest BCUT2D eigenvalue weighted by atomic mass is 16.6. The van der Waals surface area contributed by atoms with Gasteiger partial charge in [-0.25, -0.2) is 0 Å². The van der Waals surface area contributed by atoms with E-state index >= 15 is 0 Å². The molecule has 0 unspecified atom stereocenters. The zero-order chi connectivity index (χ0) is 11.0. The molecule has 0 saturated heterocycles. The van der Waals surface area contributed by atoms with Crippen molar-refractivity contribution in [3.8, 4) is 0 Å². The van der Waals surface area contributed by atoms with Crippen molar-refractivity contribution >= 4 is 5.97 Å². The highest BCUT2D eigenvalue weighted by Crippen LogP contribution is 2.00. The maximum atomic E-state index is 11.2. The molecule has 14 heavy (non-hydrogen) atoms. The van der Waals surface area contributed by atoms with Crippen LogP contribution in [0.5, 0.6) is 0 Å². The normalized spacial score (nSPS) is 12.9. The van der Waals surface area contributed by atoms with Crippen LogP contribution in [0.25, 0.3) is 0 Å². The average Bonchev–Trinajstić information content (AvgIpc) is 2.16. The van der Waals surface area contributed by atoms with Crippen LogP contribution >= 0.6 is 0 Å². The number of rotatable bonds is 7. The first-order valence-corrected chi connectivity index (χ1v) is 4.70.